The maximum Gasteiger partial charge on any atom is 0.241 e. The fourth-order valence-electron chi connectivity index (χ4n) is 3.18. The molecular formula is C17H22N2O3S. The molecule has 6 heteroatoms. The third-order valence-corrected chi connectivity index (χ3v) is 5.88. The van der Waals surface area contributed by atoms with Crippen LogP contribution < -0.4 is 14.8 Å². The van der Waals surface area contributed by atoms with Gasteiger partial charge < -0.3 is 10.1 Å². The minimum atomic E-state index is -3.57. The lowest BCUT2D eigenvalue weighted by Crippen LogP contribution is -2.46. The van der Waals surface area contributed by atoms with E-state index in [1.54, 1.807) is 19.2 Å². The van der Waals surface area contributed by atoms with Crippen molar-refractivity contribution in [2.45, 2.75) is 36.7 Å². The lowest BCUT2D eigenvalue weighted by molar-refractivity contribution is 0.361. The van der Waals surface area contributed by atoms with Crippen LogP contribution in [0.25, 0.3) is 10.8 Å². The number of piperidine rings is 1. The first-order chi connectivity index (χ1) is 11.0. The van der Waals surface area contributed by atoms with E-state index in [0.29, 0.717) is 22.1 Å². The zero-order chi connectivity index (χ0) is 16.4. The molecule has 23 heavy (non-hydrogen) atoms. The first-order valence-electron chi connectivity index (χ1n) is 7.82. The van der Waals surface area contributed by atoms with Gasteiger partial charge in [0.05, 0.1) is 12.0 Å². The third-order valence-electron chi connectivity index (χ3n) is 4.30. The molecule has 2 aromatic rings. The van der Waals surface area contributed by atoms with Gasteiger partial charge in [-0.15, -0.1) is 0 Å². The van der Waals surface area contributed by atoms with Crippen molar-refractivity contribution in [3.8, 4) is 5.75 Å². The maximum atomic E-state index is 12.8. The fourth-order valence-corrected chi connectivity index (χ4v) is 4.67. The predicted molar refractivity (Wildman–Crippen MR) is 91.3 cm³/mol. The second-order valence-electron chi connectivity index (χ2n) is 6.01. The summed E-state index contributed by atoms with van der Waals surface area (Å²) in [5.41, 5.74) is 0. The molecular weight excluding hydrogens is 312 g/mol. The van der Waals surface area contributed by atoms with Gasteiger partial charge in [0.1, 0.15) is 5.75 Å². The average Bonchev–Trinajstić information content (AvgIpc) is 2.53. The van der Waals surface area contributed by atoms with Gasteiger partial charge in [-0.3, -0.25) is 0 Å². The molecule has 1 heterocycles. The Balaban J connectivity index is 1.98. The summed E-state index contributed by atoms with van der Waals surface area (Å²) < 4.78 is 33.9. The van der Waals surface area contributed by atoms with Crippen LogP contribution in [0.3, 0.4) is 0 Å². The van der Waals surface area contributed by atoms with Gasteiger partial charge in [-0.2, -0.15) is 0 Å². The summed E-state index contributed by atoms with van der Waals surface area (Å²) in [7, 11) is -1.98. The van der Waals surface area contributed by atoms with Crippen molar-refractivity contribution in [1.29, 1.82) is 0 Å². The van der Waals surface area contributed by atoms with Gasteiger partial charge in [-0.25, -0.2) is 13.1 Å². The third kappa shape index (κ3) is 3.34. The van der Waals surface area contributed by atoms with Gasteiger partial charge in [0.25, 0.3) is 0 Å². The van der Waals surface area contributed by atoms with Crippen molar-refractivity contribution in [3.63, 3.8) is 0 Å². The second kappa shape index (κ2) is 6.47. The van der Waals surface area contributed by atoms with Crippen molar-refractivity contribution in [2.75, 3.05) is 13.7 Å². The predicted octanol–water partition coefficient (Wildman–Crippen LogP) is 2.27. The van der Waals surface area contributed by atoms with Crippen LogP contribution in [-0.4, -0.2) is 34.2 Å². The van der Waals surface area contributed by atoms with Gasteiger partial charge in [0.15, 0.2) is 0 Å². The highest BCUT2D eigenvalue weighted by Gasteiger charge is 2.26. The molecule has 5 nitrogen and oxygen atoms in total. The first kappa shape index (κ1) is 16.2. The molecule has 0 amide bonds. The lowest BCUT2D eigenvalue weighted by Gasteiger charge is -2.28. The minimum absolute atomic E-state index is 0.0305. The molecule has 1 saturated heterocycles. The monoisotopic (exact) mass is 334 g/mol. The number of ether oxygens (including phenoxy) is 1. The molecule has 124 valence electrons. The summed E-state index contributed by atoms with van der Waals surface area (Å²) >= 11 is 0. The molecule has 0 aromatic heterocycles. The summed E-state index contributed by atoms with van der Waals surface area (Å²) in [6.07, 6.45) is 1.60. The summed E-state index contributed by atoms with van der Waals surface area (Å²) in [6.45, 7) is 2.90. The second-order valence-corrected chi connectivity index (χ2v) is 7.69. The van der Waals surface area contributed by atoms with E-state index in [1.165, 1.54) is 0 Å². The molecule has 1 aliphatic rings. The molecule has 0 spiro atoms. The van der Waals surface area contributed by atoms with Crippen LogP contribution in [0.4, 0.5) is 0 Å². The Morgan fingerprint density at radius 1 is 1.17 bits per heavy atom. The van der Waals surface area contributed by atoms with Crippen molar-refractivity contribution in [1.82, 2.24) is 10.0 Å². The van der Waals surface area contributed by atoms with Gasteiger partial charge in [-0.1, -0.05) is 24.3 Å². The summed E-state index contributed by atoms with van der Waals surface area (Å²) in [4.78, 5) is 0.306. The molecule has 0 radical (unpaired) electrons. The van der Waals surface area contributed by atoms with E-state index in [2.05, 4.69) is 17.0 Å². The lowest BCUT2D eigenvalue weighted by atomic mass is 10.0. The maximum absolute atomic E-state index is 12.8. The van der Waals surface area contributed by atoms with E-state index in [0.717, 1.165) is 24.8 Å². The molecule has 2 N–H and O–H groups in total. The Morgan fingerprint density at radius 2 is 1.91 bits per heavy atom. The molecule has 0 saturated carbocycles. The van der Waals surface area contributed by atoms with Crippen molar-refractivity contribution >= 4 is 20.8 Å². The Morgan fingerprint density at radius 3 is 2.61 bits per heavy atom. The normalized spacial score (nSPS) is 22.2. The Kier molecular flexibility index (Phi) is 4.57. The van der Waals surface area contributed by atoms with E-state index >= 15 is 0 Å². The van der Waals surface area contributed by atoms with E-state index in [4.69, 9.17) is 4.74 Å². The molecule has 2 atom stereocenters. The standard InChI is InChI=1S/C17H22N2O3S/c1-12-11-13(9-10-18-12)19-23(20,21)17-8-7-16(22-2)14-5-3-4-6-15(14)17/h3-8,12-13,18-19H,9-11H2,1-2H3. The van der Waals surface area contributed by atoms with Gasteiger partial charge in [0, 0.05) is 22.9 Å². The summed E-state index contributed by atoms with van der Waals surface area (Å²) in [6, 6.07) is 11.0. The van der Waals surface area contributed by atoms with E-state index in [-0.39, 0.29) is 6.04 Å². The number of methoxy groups -OCH3 is 1. The van der Waals surface area contributed by atoms with Gasteiger partial charge in [-0.05, 0) is 38.4 Å². The van der Waals surface area contributed by atoms with Crippen molar-refractivity contribution in [2.24, 2.45) is 0 Å². The number of nitrogens with one attached hydrogen (secondary N) is 2. The molecule has 1 fully saturated rings. The van der Waals surface area contributed by atoms with Crippen LogP contribution in [0.5, 0.6) is 5.75 Å². The summed E-state index contributed by atoms with van der Waals surface area (Å²) in [5.74, 6) is 0.676. The number of rotatable bonds is 4. The molecule has 1 aliphatic heterocycles. The van der Waals surface area contributed by atoms with Gasteiger partial charge in [0.2, 0.25) is 10.0 Å². The zero-order valence-electron chi connectivity index (χ0n) is 13.4. The van der Waals surface area contributed by atoms with Crippen molar-refractivity contribution in [3.05, 3.63) is 36.4 Å². The largest absolute Gasteiger partial charge is 0.496 e. The molecule has 2 aromatic carbocycles. The highest BCUT2D eigenvalue weighted by molar-refractivity contribution is 7.89. The van der Waals surface area contributed by atoms with Crippen LogP contribution in [0.15, 0.2) is 41.3 Å². The van der Waals surface area contributed by atoms with Gasteiger partial charge >= 0.3 is 0 Å². The molecule has 3 rings (SSSR count). The number of benzene rings is 2. The number of sulfonamides is 1. The highest BCUT2D eigenvalue weighted by atomic mass is 32.2. The minimum Gasteiger partial charge on any atom is -0.496 e. The first-order valence-corrected chi connectivity index (χ1v) is 9.31. The Hall–Kier alpha value is -1.63. The quantitative estimate of drug-likeness (QED) is 0.900. The molecule has 0 aliphatic carbocycles. The van der Waals surface area contributed by atoms with E-state index < -0.39 is 10.0 Å². The Labute approximate surface area is 137 Å². The van der Waals surface area contributed by atoms with Crippen LogP contribution in [0.1, 0.15) is 19.8 Å². The molecule has 2 unspecified atom stereocenters. The average molecular weight is 334 g/mol. The fraction of sp³-hybridized carbons (Fsp3) is 0.412. The van der Waals surface area contributed by atoms with Crippen LogP contribution >= 0.6 is 0 Å². The van der Waals surface area contributed by atoms with Crippen LogP contribution in [0.2, 0.25) is 0 Å². The van der Waals surface area contributed by atoms with Crippen LogP contribution in [-0.2, 0) is 10.0 Å². The van der Waals surface area contributed by atoms with Crippen LogP contribution in [0, 0.1) is 0 Å². The van der Waals surface area contributed by atoms with E-state index in [9.17, 15) is 8.42 Å². The topological polar surface area (TPSA) is 67.4 Å². The Bertz CT molecular complexity index is 805. The highest BCUT2D eigenvalue weighted by Crippen LogP contribution is 2.31. The number of hydrogen-bond acceptors (Lipinski definition) is 4. The smallest absolute Gasteiger partial charge is 0.241 e. The van der Waals surface area contributed by atoms with E-state index in [1.807, 2.05) is 24.3 Å². The number of hydrogen-bond donors (Lipinski definition) is 2. The molecule has 0 bridgehead atoms. The zero-order valence-corrected chi connectivity index (χ0v) is 14.2. The number of fused-ring (bicyclic) bond motifs is 1. The van der Waals surface area contributed by atoms with Crippen molar-refractivity contribution < 1.29 is 13.2 Å². The summed E-state index contributed by atoms with van der Waals surface area (Å²) in [5, 5.41) is 4.81. The SMILES string of the molecule is COc1ccc(S(=O)(=O)NC2CCNC(C)C2)c2ccccc12.